The number of nitrogens with zero attached hydrogens (tertiary/aromatic N) is 1. The molecule has 0 radical (unpaired) electrons. The lowest BCUT2D eigenvalue weighted by atomic mass is 10.0. The maximum atomic E-state index is 13.2. The minimum absolute atomic E-state index is 0.0314. The van der Waals surface area contributed by atoms with Gasteiger partial charge in [0.1, 0.15) is 17.5 Å². The van der Waals surface area contributed by atoms with Gasteiger partial charge in [-0.25, -0.2) is 0 Å². The van der Waals surface area contributed by atoms with Crippen molar-refractivity contribution in [3.63, 3.8) is 0 Å². The summed E-state index contributed by atoms with van der Waals surface area (Å²) in [7, 11) is 0. The number of fused-ring (bicyclic) bond motifs is 3. The molecule has 3 atom stereocenters. The fraction of sp³-hybridized carbons (Fsp3) is 0.609. The molecule has 2 heterocycles. The van der Waals surface area contributed by atoms with Crippen LogP contribution in [0.2, 0.25) is 0 Å². The maximum Gasteiger partial charge on any atom is 0.256 e. The summed E-state index contributed by atoms with van der Waals surface area (Å²) in [6, 6.07) is 6.61. The van der Waals surface area contributed by atoms with E-state index in [0.717, 1.165) is 31.2 Å². The number of hydrogen-bond acceptors (Lipinski definition) is 4. The number of amides is 3. The fourth-order valence-electron chi connectivity index (χ4n) is 4.74. The van der Waals surface area contributed by atoms with Crippen LogP contribution in [-0.2, 0) is 9.59 Å². The van der Waals surface area contributed by atoms with Crippen molar-refractivity contribution >= 4 is 29.5 Å². The summed E-state index contributed by atoms with van der Waals surface area (Å²) in [5.41, 5.74) is 1.66. The van der Waals surface area contributed by atoms with Crippen molar-refractivity contribution in [1.82, 2.24) is 15.5 Å². The molecule has 30 heavy (non-hydrogen) atoms. The Bertz CT molecular complexity index is 820. The lowest BCUT2D eigenvalue weighted by molar-refractivity contribution is -0.132. The zero-order chi connectivity index (χ0) is 21.3. The van der Waals surface area contributed by atoms with E-state index in [9.17, 15) is 14.4 Å². The standard InChI is InChI=1S/C23H31N3O3S/c1-14(2)19(21(28)24-15-9-5-3-4-6-10-15)25-20(27)18-13-30-23-17-12-8-7-11-16(17)22(29)26(18)23/h7-8,11-12,14-15,18-19,23H,3-6,9-10,13H2,1-2H3,(H,24,28)(H,25,27)/t18-,19-,23+/m0/s1. The molecule has 3 aliphatic rings. The summed E-state index contributed by atoms with van der Waals surface area (Å²) in [6.07, 6.45) is 6.74. The molecule has 0 spiro atoms. The van der Waals surface area contributed by atoms with Crippen LogP contribution in [0.4, 0.5) is 0 Å². The van der Waals surface area contributed by atoms with Crippen LogP contribution >= 0.6 is 11.8 Å². The molecule has 4 rings (SSSR count). The topological polar surface area (TPSA) is 78.5 Å². The molecule has 3 amide bonds. The molecule has 2 N–H and O–H groups in total. The van der Waals surface area contributed by atoms with Gasteiger partial charge in [-0.1, -0.05) is 57.7 Å². The molecule has 1 saturated carbocycles. The van der Waals surface area contributed by atoms with Crippen molar-refractivity contribution in [3.05, 3.63) is 35.4 Å². The normalized spacial score (nSPS) is 24.9. The highest BCUT2D eigenvalue weighted by Crippen LogP contribution is 2.48. The van der Waals surface area contributed by atoms with Gasteiger partial charge in [0.05, 0.1) is 0 Å². The van der Waals surface area contributed by atoms with Crippen molar-refractivity contribution < 1.29 is 14.4 Å². The van der Waals surface area contributed by atoms with Crippen LogP contribution in [0.5, 0.6) is 0 Å². The van der Waals surface area contributed by atoms with Crippen LogP contribution in [0.15, 0.2) is 24.3 Å². The van der Waals surface area contributed by atoms with Gasteiger partial charge >= 0.3 is 0 Å². The van der Waals surface area contributed by atoms with E-state index in [1.54, 1.807) is 16.7 Å². The first kappa shape index (κ1) is 21.2. The third kappa shape index (κ3) is 4.09. The lowest BCUT2D eigenvalue weighted by Gasteiger charge is -2.28. The average molecular weight is 430 g/mol. The van der Waals surface area contributed by atoms with Gasteiger partial charge in [0.15, 0.2) is 0 Å². The molecule has 162 valence electrons. The first-order valence-electron chi connectivity index (χ1n) is 11.1. The Morgan fingerprint density at radius 3 is 2.50 bits per heavy atom. The van der Waals surface area contributed by atoms with Gasteiger partial charge in [0, 0.05) is 17.4 Å². The first-order valence-corrected chi connectivity index (χ1v) is 12.2. The number of carbonyl (C=O) groups is 3. The van der Waals surface area contributed by atoms with E-state index in [1.165, 1.54) is 12.8 Å². The highest BCUT2D eigenvalue weighted by molar-refractivity contribution is 7.99. The van der Waals surface area contributed by atoms with E-state index in [4.69, 9.17) is 0 Å². The molecule has 1 aromatic rings. The predicted octanol–water partition coefficient (Wildman–Crippen LogP) is 3.24. The van der Waals surface area contributed by atoms with Gasteiger partial charge in [-0.05, 0) is 30.4 Å². The van der Waals surface area contributed by atoms with Gasteiger partial charge < -0.3 is 15.5 Å². The minimum Gasteiger partial charge on any atom is -0.352 e. The molecule has 0 bridgehead atoms. The Balaban J connectivity index is 1.42. The molecule has 0 unspecified atom stereocenters. The van der Waals surface area contributed by atoms with E-state index in [1.807, 2.05) is 38.1 Å². The molecule has 0 aromatic heterocycles. The van der Waals surface area contributed by atoms with E-state index in [0.29, 0.717) is 11.3 Å². The number of carbonyl (C=O) groups excluding carboxylic acids is 3. The fourth-order valence-corrected chi connectivity index (χ4v) is 6.21. The quantitative estimate of drug-likeness (QED) is 0.705. The highest BCUT2D eigenvalue weighted by Gasteiger charge is 2.48. The van der Waals surface area contributed by atoms with Crippen molar-refractivity contribution in [1.29, 1.82) is 0 Å². The predicted molar refractivity (Wildman–Crippen MR) is 118 cm³/mol. The Labute approximate surface area is 182 Å². The van der Waals surface area contributed by atoms with E-state index in [-0.39, 0.29) is 35.1 Å². The van der Waals surface area contributed by atoms with Crippen LogP contribution in [0.1, 0.15) is 73.7 Å². The number of thioether (sulfide) groups is 1. The third-order valence-corrected chi connectivity index (χ3v) is 7.75. The second-order valence-corrected chi connectivity index (χ2v) is 10.0. The largest absolute Gasteiger partial charge is 0.352 e. The molecule has 1 aliphatic carbocycles. The number of nitrogens with one attached hydrogen (secondary N) is 2. The van der Waals surface area contributed by atoms with Crippen LogP contribution in [0.3, 0.4) is 0 Å². The molecule has 2 aliphatic heterocycles. The number of rotatable bonds is 5. The van der Waals surface area contributed by atoms with E-state index >= 15 is 0 Å². The Morgan fingerprint density at radius 2 is 1.80 bits per heavy atom. The van der Waals surface area contributed by atoms with Gasteiger partial charge in [0.25, 0.3) is 5.91 Å². The molecule has 2 fully saturated rings. The molecular weight excluding hydrogens is 398 g/mol. The highest BCUT2D eigenvalue weighted by atomic mass is 32.2. The summed E-state index contributed by atoms with van der Waals surface area (Å²) in [5.74, 6) is 0.0798. The van der Waals surface area contributed by atoms with E-state index in [2.05, 4.69) is 10.6 Å². The van der Waals surface area contributed by atoms with E-state index < -0.39 is 12.1 Å². The van der Waals surface area contributed by atoms with Gasteiger partial charge in [-0.3, -0.25) is 14.4 Å². The molecule has 6 nitrogen and oxygen atoms in total. The summed E-state index contributed by atoms with van der Waals surface area (Å²) in [4.78, 5) is 40.7. The minimum atomic E-state index is -0.593. The SMILES string of the molecule is CC(C)[C@H](NC(=O)[C@@H]1CS[C@@H]2c3ccccc3C(=O)N21)C(=O)NC1CCCCCC1. The maximum absolute atomic E-state index is 13.2. The second kappa shape index (κ2) is 9.00. The smallest absolute Gasteiger partial charge is 0.256 e. The summed E-state index contributed by atoms with van der Waals surface area (Å²) < 4.78 is 0. The Kier molecular flexibility index (Phi) is 6.37. The van der Waals surface area contributed by atoms with Gasteiger partial charge in [0.2, 0.25) is 11.8 Å². The molecule has 1 aromatic carbocycles. The summed E-state index contributed by atoms with van der Waals surface area (Å²) in [5, 5.41) is 6.02. The zero-order valence-corrected chi connectivity index (χ0v) is 18.5. The second-order valence-electron chi connectivity index (χ2n) is 8.93. The average Bonchev–Trinajstić information content (AvgIpc) is 3.17. The third-order valence-electron chi connectivity index (χ3n) is 6.44. The van der Waals surface area contributed by atoms with Gasteiger partial charge in [-0.2, -0.15) is 0 Å². The summed E-state index contributed by atoms with van der Waals surface area (Å²) in [6.45, 7) is 3.89. The van der Waals surface area contributed by atoms with Crippen LogP contribution in [-0.4, -0.2) is 46.5 Å². The Morgan fingerprint density at radius 1 is 1.10 bits per heavy atom. The number of hydrogen-bond donors (Lipinski definition) is 2. The molecular formula is C23H31N3O3S. The molecule has 1 saturated heterocycles. The Hall–Kier alpha value is -2.02. The van der Waals surface area contributed by atoms with Crippen molar-refractivity contribution in [3.8, 4) is 0 Å². The van der Waals surface area contributed by atoms with Crippen LogP contribution in [0.25, 0.3) is 0 Å². The lowest BCUT2D eigenvalue weighted by Crippen LogP contribution is -2.56. The zero-order valence-electron chi connectivity index (χ0n) is 17.7. The first-order chi connectivity index (χ1) is 14.5. The number of benzene rings is 1. The van der Waals surface area contributed by atoms with Crippen molar-refractivity contribution in [2.24, 2.45) is 5.92 Å². The molecule has 7 heteroatoms. The van der Waals surface area contributed by atoms with Gasteiger partial charge in [-0.15, -0.1) is 11.8 Å². The summed E-state index contributed by atoms with van der Waals surface area (Å²) >= 11 is 1.61. The monoisotopic (exact) mass is 429 g/mol. The van der Waals surface area contributed by atoms with Crippen LogP contribution in [0, 0.1) is 5.92 Å². The van der Waals surface area contributed by atoms with Crippen LogP contribution < -0.4 is 10.6 Å². The van der Waals surface area contributed by atoms with Crippen molar-refractivity contribution in [2.45, 2.75) is 75.9 Å². The van der Waals surface area contributed by atoms with Crippen molar-refractivity contribution in [2.75, 3.05) is 5.75 Å².